The van der Waals surface area contributed by atoms with Crippen molar-refractivity contribution < 1.29 is 9.53 Å². The highest BCUT2D eigenvalue weighted by Crippen LogP contribution is 2.19. The van der Waals surface area contributed by atoms with Gasteiger partial charge >= 0.3 is 0 Å². The molecule has 1 aromatic rings. The highest BCUT2D eigenvalue weighted by Gasteiger charge is 2.27. The molecule has 1 saturated heterocycles. The number of carbonyl (C=O) groups is 1. The number of hydrogen-bond donors (Lipinski definition) is 2. The van der Waals surface area contributed by atoms with Gasteiger partial charge in [0.15, 0.2) is 0 Å². The zero-order valence-corrected chi connectivity index (χ0v) is 17.4. The molecule has 0 aliphatic carbocycles. The molecule has 0 radical (unpaired) electrons. The lowest BCUT2D eigenvalue weighted by molar-refractivity contribution is -0.121. The molecule has 0 bridgehead atoms. The van der Waals surface area contributed by atoms with Gasteiger partial charge < -0.3 is 15.8 Å². The minimum atomic E-state index is 0. The van der Waals surface area contributed by atoms with Crippen LogP contribution in [0.4, 0.5) is 5.69 Å². The quantitative estimate of drug-likeness (QED) is 0.652. The zero-order valence-electron chi connectivity index (χ0n) is 15.8. The van der Waals surface area contributed by atoms with Crippen LogP contribution >= 0.6 is 24.8 Å². The Morgan fingerprint density at radius 2 is 1.73 bits per heavy atom. The van der Waals surface area contributed by atoms with Crippen LogP contribution in [-0.2, 0) is 16.0 Å². The number of nitrogens with one attached hydrogen (secondary N) is 1. The number of rotatable bonds is 8. The predicted octanol–water partition coefficient (Wildman–Crippen LogP) is 2.91. The maximum absolute atomic E-state index is 12.3. The van der Waals surface area contributed by atoms with E-state index in [4.69, 9.17) is 10.5 Å². The average Bonchev–Trinajstić information content (AvgIpc) is 2.61. The van der Waals surface area contributed by atoms with E-state index >= 15 is 0 Å². The second-order valence-electron chi connectivity index (χ2n) is 6.51. The van der Waals surface area contributed by atoms with E-state index in [-0.39, 0.29) is 30.7 Å². The third-order valence-corrected chi connectivity index (χ3v) is 4.96. The average molecular weight is 406 g/mol. The van der Waals surface area contributed by atoms with Crippen molar-refractivity contribution in [1.29, 1.82) is 0 Å². The fourth-order valence-corrected chi connectivity index (χ4v) is 3.44. The Hall–Kier alpha value is -1.01. The van der Waals surface area contributed by atoms with Gasteiger partial charge in [-0.05, 0) is 23.6 Å². The fraction of sp³-hybridized carbons (Fsp3) is 0.632. The smallest absolute Gasteiger partial charge is 0.224 e. The minimum absolute atomic E-state index is 0. The number of morpholine rings is 1. The second-order valence-corrected chi connectivity index (χ2v) is 6.51. The van der Waals surface area contributed by atoms with Crippen molar-refractivity contribution in [2.45, 2.75) is 39.2 Å². The van der Waals surface area contributed by atoms with Gasteiger partial charge in [0.05, 0.1) is 19.6 Å². The molecule has 0 saturated carbocycles. The second kappa shape index (κ2) is 13.2. The number of halogens is 2. The van der Waals surface area contributed by atoms with E-state index < -0.39 is 0 Å². The summed E-state index contributed by atoms with van der Waals surface area (Å²) in [5.74, 6) is 0.670. The third-order valence-electron chi connectivity index (χ3n) is 4.96. The van der Waals surface area contributed by atoms with Crippen LogP contribution < -0.4 is 11.1 Å². The molecule has 26 heavy (non-hydrogen) atoms. The number of amides is 1. The molecule has 1 aliphatic heterocycles. The maximum atomic E-state index is 12.3. The van der Waals surface area contributed by atoms with Gasteiger partial charge in [0, 0.05) is 31.4 Å². The summed E-state index contributed by atoms with van der Waals surface area (Å²) >= 11 is 0. The van der Waals surface area contributed by atoms with Crippen LogP contribution in [0.3, 0.4) is 0 Å². The normalized spacial score (nSPS) is 15.7. The van der Waals surface area contributed by atoms with Crippen molar-refractivity contribution in [3.8, 4) is 0 Å². The molecule has 0 spiro atoms. The Morgan fingerprint density at radius 3 is 2.27 bits per heavy atom. The van der Waals surface area contributed by atoms with Gasteiger partial charge in [-0.1, -0.05) is 38.8 Å². The van der Waals surface area contributed by atoms with Crippen LogP contribution in [0.2, 0.25) is 0 Å². The highest BCUT2D eigenvalue weighted by atomic mass is 35.5. The predicted molar refractivity (Wildman–Crippen MR) is 112 cm³/mol. The molecule has 2 rings (SSSR count). The Morgan fingerprint density at radius 1 is 1.15 bits per heavy atom. The lowest BCUT2D eigenvalue weighted by Crippen LogP contribution is -2.52. The lowest BCUT2D eigenvalue weighted by atomic mass is 9.92. The molecule has 7 heteroatoms. The van der Waals surface area contributed by atoms with E-state index in [1.807, 2.05) is 24.3 Å². The van der Waals surface area contributed by atoms with Crippen molar-refractivity contribution in [2.75, 3.05) is 38.6 Å². The number of anilines is 1. The molecule has 1 aromatic carbocycles. The third kappa shape index (κ3) is 7.70. The fourth-order valence-electron chi connectivity index (χ4n) is 3.44. The Balaban J connectivity index is 0.00000312. The van der Waals surface area contributed by atoms with Gasteiger partial charge in [-0.3, -0.25) is 9.69 Å². The van der Waals surface area contributed by atoms with E-state index in [9.17, 15) is 4.79 Å². The van der Waals surface area contributed by atoms with Crippen LogP contribution in [0.15, 0.2) is 24.3 Å². The SMILES string of the molecule is CCC(CC)C(CNC(=O)Cc1ccc(N)cc1)N1CCOCC1.Cl.Cl. The molecule has 1 fully saturated rings. The minimum Gasteiger partial charge on any atom is -0.399 e. The van der Waals surface area contributed by atoms with E-state index in [1.54, 1.807) is 0 Å². The summed E-state index contributed by atoms with van der Waals surface area (Å²) in [6.45, 7) is 8.66. The van der Waals surface area contributed by atoms with Crippen LogP contribution in [0, 0.1) is 5.92 Å². The summed E-state index contributed by atoms with van der Waals surface area (Å²) in [5.41, 5.74) is 7.40. The first-order valence-electron chi connectivity index (χ1n) is 9.07. The van der Waals surface area contributed by atoms with Crippen molar-refractivity contribution in [3.05, 3.63) is 29.8 Å². The molecular weight excluding hydrogens is 373 g/mol. The van der Waals surface area contributed by atoms with Gasteiger partial charge in [0.25, 0.3) is 0 Å². The van der Waals surface area contributed by atoms with Crippen molar-refractivity contribution in [2.24, 2.45) is 5.92 Å². The van der Waals surface area contributed by atoms with Crippen LogP contribution in [-0.4, -0.2) is 49.7 Å². The van der Waals surface area contributed by atoms with E-state index in [0.717, 1.165) is 50.4 Å². The topological polar surface area (TPSA) is 67.6 Å². The number of nitrogens with two attached hydrogens (primary N) is 1. The number of nitrogen functional groups attached to an aromatic ring is 1. The lowest BCUT2D eigenvalue weighted by Gasteiger charge is -2.38. The summed E-state index contributed by atoms with van der Waals surface area (Å²) in [6.07, 6.45) is 2.66. The molecule has 1 amide bonds. The van der Waals surface area contributed by atoms with E-state index in [2.05, 4.69) is 24.1 Å². The summed E-state index contributed by atoms with van der Waals surface area (Å²) in [7, 11) is 0. The summed E-state index contributed by atoms with van der Waals surface area (Å²) in [4.78, 5) is 14.8. The molecule has 1 unspecified atom stereocenters. The van der Waals surface area contributed by atoms with Gasteiger partial charge in [0.2, 0.25) is 5.91 Å². The Bertz CT molecular complexity index is 504. The molecule has 5 nitrogen and oxygen atoms in total. The number of carbonyl (C=O) groups excluding carboxylic acids is 1. The van der Waals surface area contributed by atoms with Gasteiger partial charge in [-0.15, -0.1) is 24.8 Å². The molecular formula is C19H33Cl2N3O2. The van der Waals surface area contributed by atoms with Gasteiger partial charge in [0.1, 0.15) is 0 Å². The molecule has 1 heterocycles. The molecule has 0 aromatic heterocycles. The first-order valence-corrected chi connectivity index (χ1v) is 9.07. The summed E-state index contributed by atoms with van der Waals surface area (Å²) < 4.78 is 5.47. The van der Waals surface area contributed by atoms with E-state index in [0.29, 0.717) is 24.9 Å². The largest absolute Gasteiger partial charge is 0.399 e. The maximum Gasteiger partial charge on any atom is 0.224 e. The van der Waals surface area contributed by atoms with Crippen molar-refractivity contribution in [1.82, 2.24) is 10.2 Å². The summed E-state index contributed by atoms with van der Waals surface area (Å²) in [6, 6.07) is 7.89. The number of hydrogen-bond acceptors (Lipinski definition) is 4. The summed E-state index contributed by atoms with van der Waals surface area (Å²) in [5, 5.41) is 3.14. The van der Waals surface area contributed by atoms with Gasteiger partial charge in [-0.2, -0.15) is 0 Å². The standard InChI is InChI=1S/C19H31N3O2.2ClH/c1-3-16(4-2)18(22-9-11-24-12-10-22)14-21-19(23)13-15-5-7-17(20)8-6-15;;/h5-8,16,18H,3-4,9-14,20H2,1-2H3,(H,21,23);2*1H. The van der Waals surface area contributed by atoms with Crippen LogP contribution in [0.1, 0.15) is 32.3 Å². The van der Waals surface area contributed by atoms with Crippen LogP contribution in [0.5, 0.6) is 0 Å². The van der Waals surface area contributed by atoms with Crippen molar-refractivity contribution >= 4 is 36.4 Å². The Kier molecular flexibility index (Phi) is 12.7. The van der Waals surface area contributed by atoms with Crippen LogP contribution in [0.25, 0.3) is 0 Å². The zero-order chi connectivity index (χ0) is 17.4. The monoisotopic (exact) mass is 405 g/mol. The number of nitrogens with zero attached hydrogens (tertiary/aromatic N) is 1. The molecule has 150 valence electrons. The first kappa shape index (κ1) is 25.0. The van der Waals surface area contributed by atoms with E-state index in [1.165, 1.54) is 0 Å². The first-order chi connectivity index (χ1) is 11.6. The molecule has 1 atom stereocenters. The van der Waals surface area contributed by atoms with Crippen molar-refractivity contribution in [3.63, 3.8) is 0 Å². The Labute approximate surface area is 169 Å². The molecule has 3 N–H and O–H groups in total. The number of ether oxygens (including phenoxy) is 1. The highest BCUT2D eigenvalue weighted by molar-refractivity contribution is 5.85. The number of benzene rings is 1. The molecule has 1 aliphatic rings. The van der Waals surface area contributed by atoms with Gasteiger partial charge in [-0.25, -0.2) is 0 Å².